The zero-order valence-electron chi connectivity index (χ0n) is 13.3. The third-order valence-electron chi connectivity index (χ3n) is 4.11. The number of carbonyl (C=O) groups excluding carboxylic acids is 1. The molecule has 1 aliphatic heterocycles. The fourth-order valence-electron chi connectivity index (χ4n) is 2.72. The smallest absolute Gasteiger partial charge is 0.255 e. The van der Waals surface area contributed by atoms with Gasteiger partial charge in [0.1, 0.15) is 0 Å². The Bertz CT molecular complexity index is 981. The lowest BCUT2D eigenvalue weighted by atomic mass is 10.2. The maximum absolute atomic E-state index is 12.5. The van der Waals surface area contributed by atoms with E-state index >= 15 is 0 Å². The molecular weight excluding hydrogens is 362 g/mol. The molecule has 132 valence electrons. The van der Waals surface area contributed by atoms with Gasteiger partial charge in [-0.15, -0.1) is 0 Å². The summed E-state index contributed by atoms with van der Waals surface area (Å²) in [5.41, 5.74) is 0.960. The average Bonchev–Trinajstić information content (AvgIpc) is 2.96. The van der Waals surface area contributed by atoms with Gasteiger partial charge in [-0.2, -0.15) is 0 Å². The summed E-state index contributed by atoms with van der Waals surface area (Å²) < 4.78 is 48.1. The van der Waals surface area contributed by atoms with Crippen molar-refractivity contribution in [2.24, 2.45) is 0 Å². The van der Waals surface area contributed by atoms with Crippen LogP contribution >= 0.6 is 0 Å². The highest BCUT2D eigenvalue weighted by Crippen LogP contribution is 2.25. The van der Waals surface area contributed by atoms with E-state index in [9.17, 15) is 21.6 Å². The Hall–Kier alpha value is -2.19. The average molecular weight is 379 g/mol. The van der Waals surface area contributed by atoms with Crippen LogP contribution in [0.15, 0.2) is 59.5 Å². The second kappa shape index (κ2) is 6.61. The molecule has 8 heteroatoms. The van der Waals surface area contributed by atoms with E-state index in [0.29, 0.717) is 11.3 Å². The minimum atomic E-state index is -3.72. The molecular formula is C17H17NO5S2. The topological polar surface area (TPSA) is 97.4 Å². The van der Waals surface area contributed by atoms with Gasteiger partial charge >= 0.3 is 0 Å². The first-order chi connectivity index (χ1) is 11.8. The summed E-state index contributed by atoms with van der Waals surface area (Å²) in [6.45, 7) is 0. The second-order valence-electron chi connectivity index (χ2n) is 5.91. The molecule has 0 bridgehead atoms. The number of para-hydroxylation sites is 1. The van der Waals surface area contributed by atoms with Crippen molar-refractivity contribution in [2.75, 3.05) is 16.8 Å². The molecule has 0 radical (unpaired) electrons. The van der Waals surface area contributed by atoms with Crippen LogP contribution < -0.4 is 5.32 Å². The van der Waals surface area contributed by atoms with Crippen LogP contribution in [0.5, 0.6) is 0 Å². The Morgan fingerprint density at radius 1 is 1.00 bits per heavy atom. The molecule has 1 heterocycles. The minimum absolute atomic E-state index is 0.0332. The number of anilines is 1. The summed E-state index contributed by atoms with van der Waals surface area (Å²) in [5.74, 6) is -0.793. The standard InChI is InChI=1S/C17H17NO5S2/c19-17(18-14-4-2-1-3-5-14)13-6-8-15(9-7-13)25(22,23)16-10-11-24(20,21)12-16/h1-9,16H,10-12H2,(H,18,19). The highest BCUT2D eigenvalue weighted by Gasteiger charge is 2.37. The molecule has 0 spiro atoms. The van der Waals surface area contributed by atoms with Crippen LogP contribution in [0, 0.1) is 0 Å². The van der Waals surface area contributed by atoms with Crippen molar-refractivity contribution >= 4 is 31.3 Å². The van der Waals surface area contributed by atoms with Crippen molar-refractivity contribution in [1.82, 2.24) is 0 Å². The number of carbonyl (C=O) groups is 1. The van der Waals surface area contributed by atoms with Crippen LogP contribution in [0.4, 0.5) is 5.69 Å². The maximum atomic E-state index is 12.5. The second-order valence-corrected chi connectivity index (χ2v) is 10.4. The number of nitrogens with one attached hydrogen (secondary N) is 1. The molecule has 1 saturated heterocycles. The first-order valence-corrected chi connectivity index (χ1v) is 11.1. The minimum Gasteiger partial charge on any atom is -0.322 e. The van der Waals surface area contributed by atoms with E-state index in [1.54, 1.807) is 24.3 Å². The van der Waals surface area contributed by atoms with Gasteiger partial charge in [-0.25, -0.2) is 16.8 Å². The molecule has 0 saturated carbocycles. The van der Waals surface area contributed by atoms with E-state index in [1.807, 2.05) is 6.07 Å². The summed E-state index contributed by atoms with van der Waals surface area (Å²) in [4.78, 5) is 12.2. The Kier molecular flexibility index (Phi) is 4.66. The Balaban J connectivity index is 1.77. The summed E-state index contributed by atoms with van der Waals surface area (Å²) in [7, 11) is -7.01. The lowest BCUT2D eigenvalue weighted by Crippen LogP contribution is -2.22. The van der Waals surface area contributed by atoms with E-state index in [4.69, 9.17) is 0 Å². The first kappa shape index (κ1) is 17.6. The number of sulfone groups is 2. The first-order valence-electron chi connectivity index (χ1n) is 7.69. The third kappa shape index (κ3) is 3.91. The summed E-state index contributed by atoms with van der Waals surface area (Å²) in [6, 6.07) is 14.5. The van der Waals surface area contributed by atoms with E-state index in [2.05, 4.69) is 5.32 Å². The molecule has 6 nitrogen and oxygen atoms in total. The van der Waals surface area contributed by atoms with Crippen molar-refractivity contribution in [3.8, 4) is 0 Å². The predicted molar refractivity (Wildman–Crippen MR) is 95.1 cm³/mol. The summed E-state index contributed by atoms with van der Waals surface area (Å²) in [5, 5.41) is 1.80. The van der Waals surface area contributed by atoms with Crippen molar-refractivity contribution in [3.05, 3.63) is 60.2 Å². The van der Waals surface area contributed by atoms with Crippen LogP contribution in [0.25, 0.3) is 0 Å². The molecule has 3 rings (SSSR count). The van der Waals surface area contributed by atoms with Gasteiger partial charge in [0.15, 0.2) is 19.7 Å². The van der Waals surface area contributed by atoms with Crippen molar-refractivity contribution < 1.29 is 21.6 Å². The number of amides is 1. The molecule has 1 unspecified atom stereocenters. The largest absolute Gasteiger partial charge is 0.322 e. The molecule has 1 fully saturated rings. The molecule has 1 aliphatic rings. The van der Waals surface area contributed by atoms with Crippen molar-refractivity contribution in [2.45, 2.75) is 16.6 Å². The Morgan fingerprint density at radius 3 is 2.20 bits per heavy atom. The number of hydrogen-bond acceptors (Lipinski definition) is 5. The van der Waals surface area contributed by atoms with Gasteiger partial charge in [-0.05, 0) is 42.8 Å². The molecule has 25 heavy (non-hydrogen) atoms. The number of rotatable bonds is 4. The van der Waals surface area contributed by atoms with Gasteiger partial charge in [0.25, 0.3) is 5.91 Å². The zero-order chi connectivity index (χ0) is 18.1. The number of hydrogen-bond donors (Lipinski definition) is 1. The van der Waals surface area contributed by atoms with Gasteiger partial charge < -0.3 is 5.32 Å². The molecule has 1 N–H and O–H groups in total. The Morgan fingerprint density at radius 2 is 1.64 bits per heavy atom. The molecule has 2 aromatic rings. The molecule has 0 aromatic heterocycles. The zero-order valence-corrected chi connectivity index (χ0v) is 14.9. The van der Waals surface area contributed by atoms with Crippen LogP contribution in [0.1, 0.15) is 16.8 Å². The van der Waals surface area contributed by atoms with Crippen LogP contribution in [-0.4, -0.2) is 39.5 Å². The highest BCUT2D eigenvalue weighted by atomic mass is 32.2. The van der Waals surface area contributed by atoms with E-state index in [0.717, 1.165) is 0 Å². The maximum Gasteiger partial charge on any atom is 0.255 e. The fraction of sp³-hybridized carbons (Fsp3) is 0.235. The van der Waals surface area contributed by atoms with Gasteiger partial charge in [0.05, 0.1) is 21.7 Å². The Labute approximate surface area is 146 Å². The van der Waals surface area contributed by atoms with E-state index in [-0.39, 0.29) is 28.7 Å². The van der Waals surface area contributed by atoms with Gasteiger partial charge in [-0.3, -0.25) is 4.79 Å². The van der Waals surface area contributed by atoms with Gasteiger partial charge in [0, 0.05) is 11.3 Å². The third-order valence-corrected chi connectivity index (χ3v) is 8.29. The van der Waals surface area contributed by atoms with Crippen LogP contribution in [-0.2, 0) is 19.7 Å². The predicted octanol–water partition coefficient (Wildman–Crippen LogP) is 1.90. The molecule has 1 atom stereocenters. The number of benzene rings is 2. The van der Waals surface area contributed by atoms with Crippen LogP contribution in [0.2, 0.25) is 0 Å². The quantitative estimate of drug-likeness (QED) is 0.875. The SMILES string of the molecule is O=C(Nc1ccccc1)c1ccc(S(=O)(=O)C2CCS(=O)(=O)C2)cc1. The highest BCUT2D eigenvalue weighted by molar-refractivity contribution is 7.96. The fourth-order valence-corrected chi connectivity index (χ4v) is 7.08. The lowest BCUT2D eigenvalue weighted by molar-refractivity contribution is 0.102. The molecule has 1 amide bonds. The van der Waals surface area contributed by atoms with E-state index < -0.39 is 24.9 Å². The summed E-state index contributed by atoms with van der Waals surface area (Å²) in [6.07, 6.45) is 0.112. The van der Waals surface area contributed by atoms with Gasteiger partial charge in [0.2, 0.25) is 0 Å². The normalized spacial score (nSPS) is 19.4. The van der Waals surface area contributed by atoms with Crippen LogP contribution in [0.3, 0.4) is 0 Å². The summed E-state index contributed by atoms with van der Waals surface area (Å²) >= 11 is 0. The molecule has 0 aliphatic carbocycles. The van der Waals surface area contributed by atoms with Gasteiger partial charge in [-0.1, -0.05) is 18.2 Å². The van der Waals surface area contributed by atoms with Crippen molar-refractivity contribution in [3.63, 3.8) is 0 Å². The lowest BCUT2D eigenvalue weighted by Gasteiger charge is -2.11. The molecule has 2 aromatic carbocycles. The monoisotopic (exact) mass is 379 g/mol. The van der Waals surface area contributed by atoms with E-state index in [1.165, 1.54) is 24.3 Å². The van der Waals surface area contributed by atoms with Crippen molar-refractivity contribution in [1.29, 1.82) is 0 Å².